The Balaban J connectivity index is 2.31. The topological polar surface area (TPSA) is 72.6 Å². The van der Waals surface area contributed by atoms with Crippen LogP contribution in [-0.2, 0) is 14.8 Å². The van der Waals surface area contributed by atoms with Gasteiger partial charge in [0, 0.05) is 19.1 Å². The predicted molar refractivity (Wildman–Crippen MR) is 73.2 cm³/mol. The Morgan fingerprint density at radius 3 is 2.84 bits per heavy atom. The maximum Gasteiger partial charge on any atom is 0.243 e. The van der Waals surface area contributed by atoms with Gasteiger partial charge in [0.05, 0.1) is 17.6 Å². The lowest BCUT2D eigenvalue weighted by Gasteiger charge is -2.30. The minimum atomic E-state index is -3.45. The maximum absolute atomic E-state index is 12.5. The van der Waals surface area contributed by atoms with Gasteiger partial charge in [-0.15, -0.1) is 0 Å². The molecule has 0 bridgehead atoms. The van der Waals surface area contributed by atoms with Crippen molar-refractivity contribution in [2.24, 2.45) is 5.73 Å². The summed E-state index contributed by atoms with van der Waals surface area (Å²) in [6.07, 6.45) is -0.0693. The largest absolute Gasteiger partial charge is 0.376 e. The van der Waals surface area contributed by atoms with Gasteiger partial charge in [-0.2, -0.15) is 4.31 Å². The molecule has 106 valence electrons. The second-order valence-corrected chi connectivity index (χ2v) is 6.84. The fourth-order valence-electron chi connectivity index (χ4n) is 2.11. The molecule has 2 N–H and O–H groups in total. The first-order chi connectivity index (χ1) is 8.91. The highest BCUT2D eigenvalue weighted by molar-refractivity contribution is 7.89. The number of benzene rings is 1. The number of nitrogens with zero attached hydrogens (tertiary/aromatic N) is 1. The summed E-state index contributed by atoms with van der Waals surface area (Å²) in [7, 11) is -3.45. The van der Waals surface area contributed by atoms with E-state index in [4.69, 9.17) is 10.5 Å². The van der Waals surface area contributed by atoms with Gasteiger partial charge in [-0.05, 0) is 31.5 Å². The number of rotatable bonds is 3. The molecule has 1 fully saturated rings. The molecule has 0 spiro atoms. The van der Waals surface area contributed by atoms with Crippen molar-refractivity contribution < 1.29 is 13.2 Å². The zero-order valence-electron chi connectivity index (χ0n) is 11.2. The Morgan fingerprint density at radius 1 is 1.47 bits per heavy atom. The first-order valence-corrected chi connectivity index (χ1v) is 7.82. The van der Waals surface area contributed by atoms with Crippen LogP contribution in [0.4, 0.5) is 0 Å². The zero-order chi connectivity index (χ0) is 14.0. The van der Waals surface area contributed by atoms with E-state index in [2.05, 4.69) is 0 Å². The van der Waals surface area contributed by atoms with E-state index in [0.717, 1.165) is 5.56 Å². The molecule has 6 heteroatoms. The Morgan fingerprint density at radius 2 is 2.21 bits per heavy atom. The minimum Gasteiger partial charge on any atom is -0.376 e. The lowest BCUT2D eigenvalue weighted by Crippen LogP contribution is -2.44. The third kappa shape index (κ3) is 3.14. The van der Waals surface area contributed by atoms with Crippen molar-refractivity contribution in [3.63, 3.8) is 0 Å². The number of ether oxygens (including phenoxy) is 1. The minimum absolute atomic E-state index is 0.0693. The second-order valence-electron chi connectivity index (χ2n) is 4.91. The zero-order valence-corrected chi connectivity index (χ0v) is 12.1. The summed E-state index contributed by atoms with van der Waals surface area (Å²) in [6.45, 7) is 4.94. The molecule has 5 nitrogen and oxygen atoms in total. The van der Waals surface area contributed by atoms with Crippen LogP contribution >= 0.6 is 0 Å². The quantitative estimate of drug-likeness (QED) is 0.902. The van der Waals surface area contributed by atoms with Crippen LogP contribution in [0.25, 0.3) is 0 Å². The van der Waals surface area contributed by atoms with Crippen molar-refractivity contribution in [2.45, 2.75) is 30.9 Å². The van der Waals surface area contributed by atoms with Crippen LogP contribution in [0.15, 0.2) is 29.2 Å². The van der Waals surface area contributed by atoms with Gasteiger partial charge in [-0.25, -0.2) is 8.42 Å². The molecule has 2 atom stereocenters. The van der Waals surface area contributed by atoms with E-state index >= 15 is 0 Å². The molecule has 0 radical (unpaired) electrons. The summed E-state index contributed by atoms with van der Waals surface area (Å²) in [5, 5.41) is 0. The molecule has 1 aromatic rings. The van der Waals surface area contributed by atoms with Crippen LogP contribution < -0.4 is 5.73 Å². The van der Waals surface area contributed by atoms with Gasteiger partial charge in [0.25, 0.3) is 0 Å². The van der Waals surface area contributed by atoms with Crippen LogP contribution in [0.3, 0.4) is 0 Å². The number of hydrogen-bond donors (Lipinski definition) is 1. The number of nitrogens with two attached hydrogens (primary N) is 1. The first kappa shape index (κ1) is 14.5. The van der Waals surface area contributed by atoms with Crippen LogP contribution in [0, 0.1) is 0 Å². The summed E-state index contributed by atoms with van der Waals surface area (Å²) < 4.78 is 31.9. The van der Waals surface area contributed by atoms with Crippen LogP contribution in [-0.4, -0.2) is 38.5 Å². The molecular formula is C13H20N2O3S. The van der Waals surface area contributed by atoms with E-state index in [1.165, 1.54) is 4.31 Å². The highest BCUT2D eigenvalue weighted by Gasteiger charge is 2.29. The summed E-state index contributed by atoms with van der Waals surface area (Å²) >= 11 is 0. The fourth-order valence-corrected chi connectivity index (χ4v) is 3.67. The van der Waals surface area contributed by atoms with Crippen molar-refractivity contribution in [2.75, 3.05) is 19.7 Å². The van der Waals surface area contributed by atoms with Gasteiger partial charge >= 0.3 is 0 Å². The fraction of sp³-hybridized carbons (Fsp3) is 0.538. The van der Waals surface area contributed by atoms with Gasteiger partial charge < -0.3 is 10.5 Å². The Bertz CT molecular complexity index is 543. The highest BCUT2D eigenvalue weighted by atomic mass is 32.2. The molecule has 2 rings (SSSR count). The predicted octanol–water partition coefficient (Wildman–Crippen LogP) is 1.12. The molecule has 2 unspecified atom stereocenters. The molecule has 0 amide bonds. The van der Waals surface area contributed by atoms with Gasteiger partial charge in [-0.3, -0.25) is 0 Å². The molecule has 19 heavy (non-hydrogen) atoms. The van der Waals surface area contributed by atoms with Gasteiger partial charge in [-0.1, -0.05) is 12.1 Å². The summed E-state index contributed by atoms with van der Waals surface area (Å²) in [5.74, 6) is 0. The van der Waals surface area contributed by atoms with Crippen molar-refractivity contribution in [1.29, 1.82) is 0 Å². The Kier molecular flexibility index (Phi) is 4.25. The van der Waals surface area contributed by atoms with Gasteiger partial charge in [0.15, 0.2) is 0 Å². The standard InChI is InChI=1S/C13H20N2O3S/c1-10-9-15(6-7-18-10)19(16,17)13-5-3-4-12(8-13)11(2)14/h3-5,8,10-11H,6-7,9,14H2,1-2H3. The Hall–Kier alpha value is -0.950. The van der Waals surface area contributed by atoms with E-state index in [0.29, 0.717) is 24.6 Å². The van der Waals surface area contributed by atoms with E-state index in [1.54, 1.807) is 18.2 Å². The van der Waals surface area contributed by atoms with Crippen molar-refractivity contribution >= 4 is 10.0 Å². The van der Waals surface area contributed by atoms with Crippen LogP contribution in [0.2, 0.25) is 0 Å². The van der Waals surface area contributed by atoms with E-state index in [9.17, 15) is 8.42 Å². The first-order valence-electron chi connectivity index (χ1n) is 6.38. The molecule has 1 heterocycles. The molecule has 0 aromatic heterocycles. The maximum atomic E-state index is 12.5. The van der Waals surface area contributed by atoms with E-state index in [-0.39, 0.29) is 12.1 Å². The highest BCUT2D eigenvalue weighted by Crippen LogP contribution is 2.21. The van der Waals surface area contributed by atoms with Crippen LogP contribution in [0.1, 0.15) is 25.5 Å². The number of sulfonamides is 1. The lowest BCUT2D eigenvalue weighted by molar-refractivity contribution is 0.0102. The molecule has 0 aliphatic carbocycles. The molecule has 0 saturated carbocycles. The molecule has 1 aromatic carbocycles. The third-order valence-corrected chi connectivity index (χ3v) is 5.09. The Labute approximate surface area is 114 Å². The number of morpholine rings is 1. The average Bonchev–Trinajstić information content (AvgIpc) is 2.39. The molecule has 1 aliphatic rings. The van der Waals surface area contributed by atoms with Crippen molar-refractivity contribution in [3.05, 3.63) is 29.8 Å². The summed E-state index contributed by atoms with van der Waals surface area (Å²) in [6, 6.07) is 6.65. The average molecular weight is 284 g/mol. The van der Waals surface area contributed by atoms with E-state index < -0.39 is 10.0 Å². The lowest BCUT2D eigenvalue weighted by atomic mass is 10.1. The molecule has 1 aliphatic heterocycles. The summed E-state index contributed by atoms with van der Waals surface area (Å²) in [5.41, 5.74) is 6.62. The van der Waals surface area contributed by atoms with Gasteiger partial charge in [0.1, 0.15) is 0 Å². The molecule has 1 saturated heterocycles. The van der Waals surface area contributed by atoms with Crippen molar-refractivity contribution in [3.8, 4) is 0 Å². The van der Waals surface area contributed by atoms with Gasteiger partial charge in [0.2, 0.25) is 10.0 Å². The normalized spacial score (nSPS) is 23.2. The second kappa shape index (κ2) is 5.58. The van der Waals surface area contributed by atoms with Crippen LogP contribution in [0.5, 0.6) is 0 Å². The smallest absolute Gasteiger partial charge is 0.243 e. The number of hydrogen-bond acceptors (Lipinski definition) is 4. The summed E-state index contributed by atoms with van der Waals surface area (Å²) in [4.78, 5) is 0.302. The third-order valence-electron chi connectivity index (χ3n) is 3.23. The monoisotopic (exact) mass is 284 g/mol. The van der Waals surface area contributed by atoms with Crippen molar-refractivity contribution in [1.82, 2.24) is 4.31 Å². The molecular weight excluding hydrogens is 264 g/mol. The van der Waals surface area contributed by atoms with E-state index in [1.807, 2.05) is 19.9 Å². The SMILES string of the molecule is CC1CN(S(=O)(=O)c2cccc(C(C)N)c2)CCO1.